The van der Waals surface area contributed by atoms with Crippen molar-refractivity contribution in [2.24, 2.45) is 0 Å². The van der Waals surface area contributed by atoms with Crippen LogP contribution in [0.1, 0.15) is 103 Å². The number of hydrogen-bond donors (Lipinski definition) is 0. The number of hydrogen-bond acceptors (Lipinski definition) is 1. The van der Waals surface area contributed by atoms with Crippen LogP contribution in [0.2, 0.25) is 0 Å². The zero-order valence-corrected chi connectivity index (χ0v) is 17.4. The van der Waals surface area contributed by atoms with Crippen molar-refractivity contribution in [1.82, 2.24) is 0 Å². The molecule has 1 aromatic rings. The third kappa shape index (κ3) is 9.92. The molecule has 0 aliphatic carbocycles. The third-order valence-electron chi connectivity index (χ3n) is 5.28. The molecule has 0 bridgehead atoms. The molecule has 0 radical (unpaired) electrons. The first kappa shape index (κ1) is 22.1. The van der Waals surface area contributed by atoms with Crippen LogP contribution in [0.25, 0.3) is 0 Å². The lowest BCUT2D eigenvalue weighted by Gasteiger charge is -2.27. The van der Waals surface area contributed by atoms with E-state index in [4.69, 9.17) is 0 Å². The second kappa shape index (κ2) is 15.3. The Morgan fingerprint density at radius 3 is 1.60 bits per heavy atom. The van der Waals surface area contributed by atoms with Crippen LogP contribution in [0.5, 0.6) is 0 Å². The molecular weight excluding hydrogens is 302 g/mol. The van der Waals surface area contributed by atoms with Crippen LogP contribution in [0, 0.1) is 0 Å². The normalized spacial score (nSPS) is 11.0. The Balaban J connectivity index is 2.46. The summed E-state index contributed by atoms with van der Waals surface area (Å²) < 4.78 is 0. The minimum absolute atomic E-state index is 1.14. The summed E-state index contributed by atoms with van der Waals surface area (Å²) in [6.07, 6.45) is 17.8. The smallest absolute Gasteiger partial charge is 0.0398 e. The number of aryl methyl sites for hydroxylation is 1. The van der Waals surface area contributed by atoms with Crippen molar-refractivity contribution < 1.29 is 0 Å². The van der Waals surface area contributed by atoms with E-state index >= 15 is 0 Å². The maximum Gasteiger partial charge on any atom is 0.0398 e. The molecule has 0 unspecified atom stereocenters. The van der Waals surface area contributed by atoms with Gasteiger partial charge in [0.25, 0.3) is 0 Å². The van der Waals surface area contributed by atoms with Crippen molar-refractivity contribution in [2.45, 2.75) is 104 Å². The van der Waals surface area contributed by atoms with Crippen molar-refractivity contribution in [2.75, 3.05) is 18.0 Å². The van der Waals surface area contributed by atoms with E-state index in [0.717, 1.165) is 6.42 Å². The van der Waals surface area contributed by atoms with Crippen molar-refractivity contribution >= 4 is 5.69 Å². The molecule has 0 spiro atoms. The predicted molar refractivity (Wildman–Crippen MR) is 115 cm³/mol. The van der Waals surface area contributed by atoms with Gasteiger partial charge in [0.05, 0.1) is 0 Å². The van der Waals surface area contributed by atoms with Crippen molar-refractivity contribution in [3.63, 3.8) is 0 Å². The zero-order chi connectivity index (χ0) is 18.2. The van der Waals surface area contributed by atoms with Crippen LogP contribution >= 0.6 is 0 Å². The van der Waals surface area contributed by atoms with Crippen molar-refractivity contribution in [3.8, 4) is 0 Å². The molecule has 144 valence electrons. The highest BCUT2D eigenvalue weighted by molar-refractivity contribution is 5.53. The van der Waals surface area contributed by atoms with E-state index in [1.807, 2.05) is 0 Å². The van der Waals surface area contributed by atoms with Gasteiger partial charge in [-0.25, -0.2) is 0 Å². The van der Waals surface area contributed by atoms with E-state index in [1.165, 1.54) is 101 Å². The SMILES string of the molecule is CCCCCCCCN(CCCCCCCC)c1ccccc1CC. The number of rotatable bonds is 16. The first-order chi connectivity index (χ1) is 12.3. The standard InChI is InChI=1S/C24H43N/c1-4-7-9-11-13-17-21-25(22-18-14-12-10-8-5-2)24-20-16-15-19-23(24)6-3/h15-16,19-20H,4-14,17-18,21-22H2,1-3H3. The number of para-hydroxylation sites is 1. The van der Waals surface area contributed by atoms with Gasteiger partial charge < -0.3 is 4.90 Å². The van der Waals surface area contributed by atoms with Gasteiger partial charge in [-0.15, -0.1) is 0 Å². The Bertz CT molecular complexity index is 396. The number of benzene rings is 1. The van der Waals surface area contributed by atoms with E-state index in [9.17, 15) is 0 Å². The quantitative estimate of drug-likeness (QED) is 0.276. The average Bonchev–Trinajstić information content (AvgIpc) is 2.65. The Labute approximate surface area is 158 Å². The molecule has 0 saturated heterocycles. The molecule has 0 saturated carbocycles. The first-order valence-electron chi connectivity index (χ1n) is 11.2. The number of nitrogens with zero attached hydrogens (tertiary/aromatic N) is 1. The summed E-state index contributed by atoms with van der Waals surface area (Å²) in [5, 5.41) is 0. The van der Waals surface area contributed by atoms with Crippen LogP contribution in [-0.2, 0) is 6.42 Å². The Kier molecular flexibility index (Phi) is 13.5. The van der Waals surface area contributed by atoms with Crippen LogP contribution in [-0.4, -0.2) is 13.1 Å². The average molecular weight is 346 g/mol. The predicted octanol–water partition coefficient (Wildman–Crippen LogP) is 7.78. The van der Waals surface area contributed by atoms with Gasteiger partial charge in [-0.2, -0.15) is 0 Å². The van der Waals surface area contributed by atoms with Gasteiger partial charge in [0.15, 0.2) is 0 Å². The molecule has 0 heterocycles. The summed E-state index contributed by atoms with van der Waals surface area (Å²) in [4.78, 5) is 2.68. The monoisotopic (exact) mass is 345 g/mol. The van der Waals surface area contributed by atoms with Gasteiger partial charge in [0.2, 0.25) is 0 Å². The molecule has 1 nitrogen and oxygen atoms in total. The van der Waals surface area contributed by atoms with Gasteiger partial charge in [0, 0.05) is 18.8 Å². The Morgan fingerprint density at radius 1 is 0.600 bits per heavy atom. The van der Waals surface area contributed by atoms with Gasteiger partial charge >= 0.3 is 0 Å². The first-order valence-corrected chi connectivity index (χ1v) is 11.2. The molecule has 0 amide bonds. The summed E-state index contributed by atoms with van der Waals surface area (Å²) >= 11 is 0. The number of anilines is 1. The zero-order valence-electron chi connectivity index (χ0n) is 17.4. The number of unbranched alkanes of at least 4 members (excludes halogenated alkanes) is 10. The lowest BCUT2D eigenvalue weighted by atomic mass is 10.1. The van der Waals surface area contributed by atoms with E-state index < -0.39 is 0 Å². The minimum Gasteiger partial charge on any atom is -0.371 e. The molecule has 0 fully saturated rings. The molecule has 25 heavy (non-hydrogen) atoms. The van der Waals surface area contributed by atoms with Crippen LogP contribution in [0.3, 0.4) is 0 Å². The van der Waals surface area contributed by atoms with Crippen molar-refractivity contribution in [3.05, 3.63) is 29.8 Å². The van der Waals surface area contributed by atoms with Gasteiger partial charge in [-0.1, -0.05) is 103 Å². The summed E-state index contributed by atoms with van der Waals surface area (Å²) in [5.41, 5.74) is 3.01. The van der Waals surface area contributed by atoms with Crippen LogP contribution in [0.15, 0.2) is 24.3 Å². The van der Waals surface area contributed by atoms with Gasteiger partial charge in [0.1, 0.15) is 0 Å². The van der Waals surface area contributed by atoms with Gasteiger partial charge in [-0.3, -0.25) is 0 Å². The summed E-state index contributed by atoms with van der Waals surface area (Å²) in [6, 6.07) is 9.05. The largest absolute Gasteiger partial charge is 0.371 e. The fourth-order valence-corrected chi connectivity index (χ4v) is 3.64. The Hall–Kier alpha value is -0.980. The molecule has 1 heteroatoms. The lowest BCUT2D eigenvalue weighted by molar-refractivity contribution is 0.574. The highest BCUT2D eigenvalue weighted by Crippen LogP contribution is 2.22. The minimum atomic E-state index is 1.14. The van der Waals surface area contributed by atoms with E-state index in [-0.39, 0.29) is 0 Å². The molecule has 1 aromatic carbocycles. The summed E-state index contributed by atoms with van der Waals surface area (Å²) in [7, 11) is 0. The van der Waals surface area contributed by atoms with Crippen LogP contribution < -0.4 is 4.90 Å². The molecular formula is C24H43N. The lowest BCUT2D eigenvalue weighted by Crippen LogP contribution is -2.26. The maximum atomic E-state index is 2.68. The fourth-order valence-electron chi connectivity index (χ4n) is 3.64. The van der Waals surface area contributed by atoms with E-state index in [1.54, 1.807) is 0 Å². The van der Waals surface area contributed by atoms with E-state index in [2.05, 4.69) is 49.9 Å². The van der Waals surface area contributed by atoms with Crippen LogP contribution in [0.4, 0.5) is 5.69 Å². The topological polar surface area (TPSA) is 3.24 Å². The highest BCUT2D eigenvalue weighted by atomic mass is 15.1. The molecule has 0 aliphatic rings. The molecule has 0 N–H and O–H groups in total. The second-order valence-corrected chi connectivity index (χ2v) is 7.50. The van der Waals surface area contributed by atoms with Gasteiger partial charge in [-0.05, 0) is 30.9 Å². The summed E-state index contributed by atoms with van der Waals surface area (Å²) in [6.45, 7) is 9.34. The van der Waals surface area contributed by atoms with Crippen molar-refractivity contribution in [1.29, 1.82) is 0 Å². The third-order valence-corrected chi connectivity index (χ3v) is 5.28. The maximum absolute atomic E-state index is 2.68. The molecule has 0 aromatic heterocycles. The summed E-state index contributed by atoms with van der Waals surface area (Å²) in [5.74, 6) is 0. The van der Waals surface area contributed by atoms with E-state index in [0.29, 0.717) is 0 Å². The fraction of sp³-hybridized carbons (Fsp3) is 0.750. The molecule has 0 aliphatic heterocycles. The molecule has 1 rings (SSSR count). The highest BCUT2D eigenvalue weighted by Gasteiger charge is 2.09. The molecule has 0 atom stereocenters. The Morgan fingerprint density at radius 2 is 1.08 bits per heavy atom. The second-order valence-electron chi connectivity index (χ2n) is 7.50.